The van der Waals surface area contributed by atoms with Gasteiger partial charge in [0.2, 0.25) is 5.91 Å². The minimum absolute atomic E-state index is 0.0851. The van der Waals surface area contributed by atoms with Gasteiger partial charge in [-0.2, -0.15) is 0 Å². The maximum atomic E-state index is 13.2. The molecule has 1 amide bonds. The van der Waals surface area contributed by atoms with E-state index in [1.165, 1.54) is 12.1 Å². The van der Waals surface area contributed by atoms with Gasteiger partial charge in [-0.05, 0) is 18.6 Å². The molecule has 0 bridgehead atoms. The van der Waals surface area contributed by atoms with E-state index >= 15 is 0 Å². The third kappa shape index (κ3) is 2.73. The van der Waals surface area contributed by atoms with E-state index in [4.69, 9.17) is 10.5 Å². The molecule has 0 unspecified atom stereocenters. The topological polar surface area (TPSA) is 52.3 Å². The van der Waals surface area contributed by atoms with Crippen molar-refractivity contribution in [3.8, 4) is 5.75 Å². The van der Waals surface area contributed by atoms with Gasteiger partial charge in [-0.3, -0.25) is 4.79 Å². The first-order chi connectivity index (χ1) is 6.63. The summed E-state index contributed by atoms with van der Waals surface area (Å²) in [5.74, 6) is -0.555. The summed E-state index contributed by atoms with van der Waals surface area (Å²) in [6.07, 6.45) is -0.0851. The Morgan fingerprint density at radius 3 is 2.79 bits per heavy atom. The average Bonchev–Trinajstić information content (AvgIpc) is 2.10. The van der Waals surface area contributed by atoms with Crippen LogP contribution in [-0.2, 0) is 11.2 Å². The van der Waals surface area contributed by atoms with E-state index < -0.39 is 11.7 Å². The number of hydrogen-bond donors (Lipinski definition) is 1. The number of carbonyl (C=O) groups excluding carboxylic acids is 1. The number of halogens is 1. The third-order valence-corrected chi connectivity index (χ3v) is 1.70. The highest BCUT2D eigenvalue weighted by Gasteiger charge is 2.06. The van der Waals surface area contributed by atoms with E-state index in [2.05, 4.69) is 0 Å². The van der Waals surface area contributed by atoms with Gasteiger partial charge in [-0.25, -0.2) is 4.39 Å². The van der Waals surface area contributed by atoms with Crippen LogP contribution in [-0.4, -0.2) is 12.5 Å². The largest absolute Gasteiger partial charge is 0.494 e. The SMILES string of the molecule is CCOc1ccc(CC(N)=O)c(F)c1. The lowest BCUT2D eigenvalue weighted by molar-refractivity contribution is -0.117. The molecule has 1 aromatic rings. The molecule has 0 spiro atoms. The van der Waals surface area contributed by atoms with Gasteiger partial charge in [0.1, 0.15) is 11.6 Å². The zero-order valence-corrected chi connectivity index (χ0v) is 7.92. The Morgan fingerprint density at radius 1 is 1.57 bits per heavy atom. The molecule has 0 aliphatic rings. The number of carbonyl (C=O) groups is 1. The van der Waals surface area contributed by atoms with Crippen molar-refractivity contribution in [1.29, 1.82) is 0 Å². The molecule has 0 aliphatic carbocycles. The molecule has 4 heteroatoms. The number of amides is 1. The van der Waals surface area contributed by atoms with Crippen molar-refractivity contribution in [3.63, 3.8) is 0 Å². The van der Waals surface area contributed by atoms with Crippen LogP contribution in [0.3, 0.4) is 0 Å². The third-order valence-electron chi connectivity index (χ3n) is 1.70. The summed E-state index contributed by atoms with van der Waals surface area (Å²) in [7, 11) is 0. The van der Waals surface area contributed by atoms with Gasteiger partial charge in [0.15, 0.2) is 0 Å². The summed E-state index contributed by atoms with van der Waals surface area (Å²) < 4.78 is 18.3. The Kier molecular flexibility index (Phi) is 3.45. The van der Waals surface area contributed by atoms with Gasteiger partial charge < -0.3 is 10.5 Å². The highest BCUT2D eigenvalue weighted by atomic mass is 19.1. The van der Waals surface area contributed by atoms with Crippen molar-refractivity contribution < 1.29 is 13.9 Å². The summed E-state index contributed by atoms with van der Waals surface area (Å²) in [6, 6.07) is 4.37. The van der Waals surface area contributed by atoms with Crippen LogP contribution in [0.5, 0.6) is 5.75 Å². The van der Waals surface area contributed by atoms with E-state index in [9.17, 15) is 9.18 Å². The first kappa shape index (κ1) is 10.5. The van der Waals surface area contributed by atoms with Crippen LogP contribution < -0.4 is 10.5 Å². The molecule has 1 rings (SSSR count). The molecule has 0 saturated carbocycles. The molecule has 0 aliphatic heterocycles. The molecule has 0 saturated heterocycles. The number of ether oxygens (including phenoxy) is 1. The highest BCUT2D eigenvalue weighted by molar-refractivity contribution is 5.76. The van der Waals surface area contributed by atoms with Gasteiger partial charge in [0.25, 0.3) is 0 Å². The van der Waals surface area contributed by atoms with Gasteiger partial charge >= 0.3 is 0 Å². The Hall–Kier alpha value is -1.58. The number of primary amides is 1. The molecule has 1 aromatic carbocycles. The molecule has 0 fully saturated rings. The lowest BCUT2D eigenvalue weighted by Crippen LogP contribution is -2.14. The zero-order valence-electron chi connectivity index (χ0n) is 7.92. The fourth-order valence-corrected chi connectivity index (χ4v) is 1.12. The number of nitrogens with two attached hydrogens (primary N) is 1. The van der Waals surface area contributed by atoms with E-state index in [1.54, 1.807) is 6.07 Å². The number of hydrogen-bond acceptors (Lipinski definition) is 2. The van der Waals surface area contributed by atoms with Crippen LogP contribution >= 0.6 is 0 Å². The summed E-state index contributed by atoms with van der Waals surface area (Å²) in [5, 5.41) is 0. The normalized spacial score (nSPS) is 9.86. The van der Waals surface area contributed by atoms with Gasteiger partial charge in [0, 0.05) is 6.07 Å². The van der Waals surface area contributed by atoms with Crippen LogP contribution in [0.1, 0.15) is 12.5 Å². The predicted molar refractivity (Wildman–Crippen MR) is 50.5 cm³/mol. The quantitative estimate of drug-likeness (QED) is 0.789. The van der Waals surface area contributed by atoms with Crippen LogP contribution in [0.4, 0.5) is 4.39 Å². The Bertz CT molecular complexity index is 339. The highest BCUT2D eigenvalue weighted by Crippen LogP contribution is 2.16. The predicted octanol–water partition coefficient (Wildman–Crippen LogP) is 1.25. The molecule has 0 heterocycles. The smallest absolute Gasteiger partial charge is 0.221 e. The molecule has 76 valence electrons. The van der Waals surface area contributed by atoms with Crippen LogP contribution in [0.2, 0.25) is 0 Å². The lowest BCUT2D eigenvalue weighted by atomic mass is 10.1. The van der Waals surface area contributed by atoms with Crippen molar-refractivity contribution in [2.75, 3.05) is 6.61 Å². The minimum atomic E-state index is -0.548. The summed E-state index contributed by atoms with van der Waals surface area (Å²) in [4.78, 5) is 10.6. The summed E-state index contributed by atoms with van der Waals surface area (Å²) >= 11 is 0. The van der Waals surface area contributed by atoms with Crippen molar-refractivity contribution in [2.24, 2.45) is 5.73 Å². The van der Waals surface area contributed by atoms with Crippen LogP contribution in [0, 0.1) is 5.82 Å². The molecule has 2 N–H and O–H groups in total. The van der Waals surface area contributed by atoms with Crippen molar-refractivity contribution in [2.45, 2.75) is 13.3 Å². The van der Waals surface area contributed by atoms with Gasteiger partial charge in [-0.15, -0.1) is 0 Å². The molecule has 0 radical (unpaired) electrons. The van der Waals surface area contributed by atoms with Gasteiger partial charge in [0.05, 0.1) is 13.0 Å². The maximum absolute atomic E-state index is 13.2. The van der Waals surface area contributed by atoms with Crippen LogP contribution in [0.25, 0.3) is 0 Å². The fraction of sp³-hybridized carbons (Fsp3) is 0.300. The van der Waals surface area contributed by atoms with E-state index in [0.717, 1.165) is 0 Å². The average molecular weight is 197 g/mol. The molecular weight excluding hydrogens is 185 g/mol. The fourth-order valence-electron chi connectivity index (χ4n) is 1.12. The lowest BCUT2D eigenvalue weighted by Gasteiger charge is -2.05. The molecule has 0 atom stereocenters. The van der Waals surface area contributed by atoms with Crippen molar-refractivity contribution in [3.05, 3.63) is 29.6 Å². The molecular formula is C10H12FNO2. The maximum Gasteiger partial charge on any atom is 0.221 e. The standard InChI is InChI=1S/C10H12FNO2/c1-2-14-8-4-3-7(5-10(12)13)9(11)6-8/h3-4,6H,2,5H2,1H3,(H2,12,13). The summed E-state index contributed by atoms with van der Waals surface area (Å²) in [6.45, 7) is 2.30. The zero-order chi connectivity index (χ0) is 10.6. The van der Waals surface area contributed by atoms with E-state index in [0.29, 0.717) is 17.9 Å². The second-order valence-corrected chi connectivity index (χ2v) is 2.83. The van der Waals surface area contributed by atoms with Crippen molar-refractivity contribution >= 4 is 5.91 Å². The minimum Gasteiger partial charge on any atom is -0.494 e. The number of rotatable bonds is 4. The van der Waals surface area contributed by atoms with E-state index in [-0.39, 0.29) is 6.42 Å². The molecule has 0 aromatic heterocycles. The Labute approximate surface area is 81.7 Å². The molecule has 14 heavy (non-hydrogen) atoms. The number of benzene rings is 1. The van der Waals surface area contributed by atoms with Gasteiger partial charge in [-0.1, -0.05) is 6.07 Å². The Balaban J connectivity index is 2.84. The first-order valence-electron chi connectivity index (χ1n) is 4.33. The second kappa shape index (κ2) is 4.60. The van der Waals surface area contributed by atoms with E-state index in [1.807, 2.05) is 6.92 Å². The van der Waals surface area contributed by atoms with Crippen LogP contribution in [0.15, 0.2) is 18.2 Å². The first-order valence-corrected chi connectivity index (χ1v) is 4.33. The Morgan fingerprint density at radius 2 is 2.29 bits per heavy atom. The van der Waals surface area contributed by atoms with Crippen molar-refractivity contribution in [1.82, 2.24) is 0 Å². The monoisotopic (exact) mass is 197 g/mol. The second-order valence-electron chi connectivity index (χ2n) is 2.83. The molecule has 3 nitrogen and oxygen atoms in total. The summed E-state index contributed by atoms with van der Waals surface area (Å²) in [5.41, 5.74) is 5.25.